The van der Waals surface area contributed by atoms with Crippen molar-refractivity contribution in [3.8, 4) is 0 Å². The molecule has 1 amide bonds. The maximum atomic E-state index is 13.6. The van der Waals surface area contributed by atoms with Crippen molar-refractivity contribution in [1.29, 1.82) is 0 Å². The molecule has 0 N–H and O–H groups in total. The number of carbonyl (C=O) groups excluding carboxylic acids is 1. The highest BCUT2D eigenvalue weighted by molar-refractivity contribution is 6.05. The SMILES string of the molecule is CC(C)c1cc(C(=O)N2CCOC(c3ccccc3)C2)c2cnn(C(C)C)c2n1. The second-order valence-corrected chi connectivity index (χ2v) is 8.19. The Morgan fingerprint density at radius 2 is 1.93 bits per heavy atom. The minimum Gasteiger partial charge on any atom is -0.370 e. The zero-order valence-corrected chi connectivity index (χ0v) is 17.5. The monoisotopic (exact) mass is 392 g/mol. The lowest BCUT2D eigenvalue weighted by molar-refractivity contribution is -0.0227. The highest BCUT2D eigenvalue weighted by atomic mass is 16.5. The largest absolute Gasteiger partial charge is 0.370 e. The van der Waals surface area contributed by atoms with Crippen molar-refractivity contribution in [2.75, 3.05) is 19.7 Å². The Morgan fingerprint density at radius 3 is 2.62 bits per heavy atom. The molecule has 0 aliphatic carbocycles. The van der Waals surface area contributed by atoms with Crippen LogP contribution in [0.4, 0.5) is 0 Å². The molecule has 0 radical (unpaired) electrons. The van der Waals surface area contributed by atoms with Crippen LogP contribution in [-0.2, 0) is 4.74 Å². The molecule has 0 spiro atoms. The van der Waals surface area contributed by atoms with E-state index in [1.165, 1.54) is 0 Å². The third-order valence-electron chi connectivity index (χ3n) is 5.42. The number of benzene rings is 1. The van der Waals surface area contributed by atoms with Crippen LogP contribution < -0.4 is 0 Å². The maximum absolute atomic E-state index is 13.6. The zero-order valence-electron chi connectivity index (χ0n) is 17.5. The number of carbonyl (C=O) groups is 1. The van der Waals surface area contributed by atoms with E-state index in [1.807, 2.05) is 46.0 Å². The van der Waals surface area contributed by atoms with E-state index in [0.29, 0.717) is 25.3 Å². The Labute approximate surface area is 171 Å². The van der Waals surface area contributed by atoms with Gasteiger partial charge in [-0.1, -0.05) is 44.2 Å². The van der Waals surface area contributed by atoms with Crippen LogP contribution in [0.5, 0.6) is 0 Å². The second kappa shape index (κ2) is 7.95. The van der Waals surface area contributed by atoms with E-state index in [-0.39, 0.29) is 24.0 Å². The average Bonchev–Trinajstić information content (AvgIpc) is 3.17. The van der Waals surface area contributed by atoms with Gasteiger partial charge in [0.15, 0.2) is 5.65 Å². The first kappa shape index (κ1) is 19.6. The highest BCUT2D eigenvalue weighted by Crippen LogP contribution is 2.28. The number of hydrogen-bond acceptors (Lipinski definition) is 4. The van der Waals surface area contributed by atoms with Gasteiger partial charge >= 0.3 is 0 Å². The van der Waals surface area contributed by atoms with E-state index in [4.69, 9.17) is 9.72 Å². The Hall–Kier alpha value is -2.73. The number of fused-ring (bicyclic) bond motifs is 1. The first-order chi connectivity index (χ1) is 14.0. The number of nitrogens with zero attached hydrogens (tertiary/aromatic N) is 4. The summed E-state index contributed by atoms with van der Waals surface area (Å²) in [5.74, 6) is 0.245. The summed E-state index contributed by atoms with van der Waals surface area (Å²) in [6.07, 6.45) is 1.67. The van der Waals surface area contributed by atoms with Crippen LogP contribution in [0.25, 0.3) is 11.0 Å². The molecular weight excluding hydrogens is 364 g/mol. The molecule has 2 aromatic heterocycles. The number of ether oxygens (including phenoxy) is 1. The van der Waals surface area contributed by atoms with Crippen LogP contribution in [0, 0.1) is 0 Å². The van der Waals surface area contributed by atoms with Gasteiger partial charge in [-0.15, -0.1) is 0 Å². The molecule has 1 unspecified atom stereocenters. The standard InChI is InChI=1S/C23H28N4O2/c1-15(2)20-12-18(19-13-24-27(16(3)4)22(19)25-20)23(28)26-10-11-29-21(14-26)17-8-6-5-7-9-17/h5-9,12-13,15-16,21H,10-11,14H2,1-4H3. The fraction of sp³-hybridized carbons (Fsp3) is 0.435. The lowest BCUT2D eigenvalue weighted by atomic mass is 10.0. The molecule has 0 bridgehead atoms. The number of rotatable bonds is 4. The zero-order chi connectivity index (χ0) is 20.5. The van der Waals surface area contributed by atoms with Gasteiger partial charge in [-0.3, -0.25) is 4.79 Å². The van der Waals surface area contributed by atoms with Gasteiger partial charge < -0.3 is 9.64 Å². The van der Waals surface area contributed by atoms with Gasteiger partial charge in [0.05, 0.1) is 30.3 Å². The average molecular weight is 393 g/mol. The van der Waals surface area contributed by atoms with Gasteiger partial charge in [0.1, 0.15) is 6.10 Å². The predicted molar refractivity (Wildman–Crippen MR) is 113 cm³/mol. The molecule has 1 aliphatic heterocycles. The van der Waals surface area contributed by atoms with Crippen molar-refractivity contribution >= 4 is 16.9 Å². The van der Waals surface area contributed by atoms with Crippen LogP contribution in [0.2, 0.25) is 0 Å². The van der Waals surface area contributed by atoms with Crippen molar-refractivity contribution in [3.05, 3.63) is 59.4 Å². The van der Waals surface area contributed by atoms with Gasteiger partial charge in [0.2, 0.25) is 0 Å². The quantitative estimate of drug-likeness (QED) is 0.662. The molecular formula is C23H28N4O2. The minimum atomic E-state index is -0.103. The summed E-state index contributed by atoms with van der Waals surface area (Å²) in [5, 5.41) is 5.32. The van der Waals surface area contributed by atoms with Gasteiger partial charge in [0.25, 0.3) is 5.91 Å². The topological polar surface area (TPSA) is 60.3 Å². The summed E-state index contributed by atoms with van der Waals surface area (Å²) in [5.41, 5.74) is 3.47. The van der Waals surface area contributed by atoms with Crippen LogP contribution in [-0.4, -0.2) is 45.3 Å². The van der Waals surface area contributed by atoms with E-state index in [2.05, 4.69) is 32.8 Å². The van der Waals surface area contributed by atoms with Crippen molar-refractivity contribution in [1.82, 2.24) is 19.7 Å². The molecule has 1 aliphatic rings. The molecule has 1 fully saturated rings. The molecule has 3 aromatic rings. The summed E-state index contributed by atoms with van der Waals surface area (Å²) in [4.78, 5) is 20.3. The normalized spacial score (nSPS) is 17.4. The van der Waals surface area contributed by atoms with E-state index in [9.17, 15) is 4.79 Å². The van der Waals surface area contributed by atoms with Crippen molar-refractivity contribution in [2.24, 2.45) is 0 Å². The third-order valence-corrected chi connectivity index (χ3v) is 5.42. The number of amides is 1. The molecule has 6 nitrogen and oxygen atoms in total. The maximum Gasteiger partial charge on any atom is 0.254 e. The van der Waals surface area contributed by atoms with Gasteiger partial charge in [-0.2, -0.15) is 5.10 Å². The molecule has 1 aromatic carbocycles. The summed E-state index contributed by atoms with van der Waals surface area (Å²) < 4.78 is 7.84. The fourth-order valence-electron chi connectivity index (χ4n) is 3.76. The molecule has 1 saturated heterocycles. The molecule has 1 atom stereocenters. The van der Waals surface area contributed by atoms with Gasteiger partial charge in [-0.05, 0) is 31.4 Å². The summed E-state index contributed by atoms with van der Waals surface area (Å²) in [6, 6.07) is 12.2. The predicted octanol–water partition coefficient (Wildman–Crippen LogP) is 4.35. The van der Waals surface area contributed by atoms with Crippen LogP contribution in [0.15, 0.2) is 42.6 Å². The number of hydrogen-bond donors (Lipinski definition) is 0. The van der Waals surface area contributed by atoms with Gasteiger partial charge in [-0.25, -0.2) is 9.67 Å². The van der Waals surface area contributed by atoms with E-state index < -0.39 is 0 Å². The van der Waals surface area contributed by atoms with E-state index in [1.54, 1.807) is 6.20 Å². The van der Waals surface area contributed by atoms with Crippen molar-refractivity contribution in [3.63, 3.8) is 0 Å². The molecule has 6 heteroatoms. The number of pyridine rings is 1. The van der Waals surface area contributed by atoms with Crippen LogP contribution >= 0.6 is 0 Å². The minimum absolute atomic E-state index is 0.0202. The summed E-state index contributed by atoms with van der Waals surface area (Å²) in [7, 11) is 0. The molecule has 4 rings (SSSR count). The van der Waals surface area contributed by atoms with E-state index in [0.717, 1.165) is 22.3 Å². The van der Waals surface area contributed by atoms with Gasteiger partial charge in [0, 0.05) is 18.3 Å². The fourth-order valence-corrected chi connectivity index (χ4v) is 3.76. The first-order valence-corrected chi connectivity index (χ1v) is 10.3. The highest BCUT2D eigenvalue weighted by Gasteiger charge is 2.28. The summed E-state index contributed by atoms with van der Waals surface area (Å²) >= 11 is 0. The molecule has 152 valence electrons. The molecule has 3 heterocycles. The third kappa shape index (κ3) is 3.77. The molecule has 0 saturated carbocycles. The molecule has 29 heavy (non-hydrogen) atoms. The lowest BCUT2D eigenvalue weighted by Gasteiger charge is -2.33. The first-order valence-electron chi connectivity index (χ1n) is 10.3. The Bertz CT molecular complexity index is 1010. The Balaban J connectivity index is 1.71. The van der Waals surface area contributed by atoms with Crippen LogP contribution in [0.1, 0.15) is 67.4 Å². The number of aromatic nitrogens is 3. The lowest BCUT2D eigenvalue weighted by Crippen LogP contribution is -2.42. The van der Waals surface area contributed by atoms with E-state index >= 15 is 0 Å². The summed E-state index contributed by atoms with van der Waals surface area (Å²) in [6.45, 7) is 10.00. The van der Waals surface area contributed by atoms with Crippen molar-refractivity contribution < 1.29 is 9.53 Å². The Morgan fingerprint density at radius 1 is 1.17 bits per heavy atom. The van der Waals surface area contributed by atoms with Crippen molar-refractivity contribution in [2.45, 2.75) is 45.8 Å². The van der Waals surface area contributed by atoms with Crippen LogP contribution in [0.3, 0.4) is 0 Å². The Kier molecular flexibility index (Phi) is 5.37. The smallest absolute Gasteiger partial charge is 0.254 e. The second-order valence-electron chi connectivity index (χ2n) is 8.19. The number of morpholine rings is 1.